The fourth-order valence-corrected chi connectivity index (χ4v) is 2.61. The van der Waals surface area contributed by atoms with Gasteiger partial charge in [0.2, 0.25) is 0 Å². The first-order valence-electron chi connectivity index (χ1n) is 8.64. The van der Waals surface area contributed by atoms with E-state index in [0.717, 1.165) is 35.6 Å². The minimum atomic E-state index is -0.188. The van der Waals surface area contributed by atoms with Gasteiger partial charge >= 0.3 is 0 Å². The second kappa shape index (κ2) is 8.62. The van der Waals surface area contributed by atoms with Crippen LogP contribution in [0.3, 0.4) is 0 Å². The summed E-state index contributed by atoms with van der Waals surface area (Å²) in [6, 6.07) is 9.75. The van der Waals surface area contributed by atoms with Crippen molar-refractivity contribution >= 4 is 17.3 Å². The molecule has 0 saturated carbocycles. The Morgan fingerprint density at radius 1 is 1.24 bits per heavy atom. The number of aryl methyl sites for hydroxylation is 1. The van der Waals surface area contributed by atoms with E-state index >= 15 is 0 Å². The molecule has 0 aliphatic carbocycles. The normalized spacial score (nSPS) is 11.0. The van der Waals surface area contributed by atoms with Crippen molar-refractivity contribution < 1.29 is 4.79 Å². The second-order valence-electron chi connectivity index (χ2n) is 6.81. The molecule has 0 saturated heterocycles. The summed E-state index contributed by atoms with van der Waals surface area (Å²) in [6.45, 7) is 7.99. The average molecular weight is 340 g/mol. The molecule has 0 aliphatic heterocycles. The Balaban J connectivity index is 2.14. The van der Waals surface area contributed by atoms with Gasteiger partial charge in [-0.2, -0.15) is 0 Å². The third-order valence-electron chi connectivity index (χ3n) is 4.05. The molecule has 1 aromatic heterocycles. The lowest BCUT2D eigenvalue weighted by Crippen LogP contribution is -2.21. The lowest BCUT2D eigenvalue weighted by atomic mass is 9.98. The first-order chi connectivity index (χ1) is 11.9. The van der Waals surface area contributed by atoms with E-state index in [1.54, 1.807) is 12.3 Å². The van der Waals surface area contributed by atoms with Crippen molar-refractivity contribution in [3.63, 3.8) is 0 Å². The van der Waals surface area contributed by atoms with E-state index in [-0.39, 0.29) is 5.91 Å². The van der Waals surface area contributed by atoms with Crippen molar-refractivity contribution in [2.24, 2.45) is 0 Å². The molecule has 1 amide bonds. The zero-order chi connectivity index (χ0) is 18.4. The second-order valence-corrected chi connectivity index (χ2v) is 6.81. The summed E-state index contributed by atoms with van der Waals surface area (Å²) >= 11 is 0. The van der Waals surface area contributed by atoms with Gasteiger partial charge in [0.1, 0.15) is 5.69 Å². The first kappa shape index (κ1) is 18.9. The highest BCUT2D eigenvalue weighted by Gasteiger charge is 2.14. The smallest absolute Gasteiger partial charge is 0.274 e. The maximum atomic E-state index is 12.7. The molecule has 1 heterocycles. The minimum Gasteiger partial charge on any atom is -0.384 e. The SMILES string of the molecule is Cc1cccc(C(C)C)c1NC(=O)c1cc(NCCN(C)C)ccn1. The van der Waals surface area contributed by atoms with E-state index in [0.29, 0.717) is 11.6 Å². The van der Waals surface area contributed by atoms with Crippen LogP contribution in [-0.4, -0.2) is 43.0 Å². The van der Waals surface area contributed by atoms with E-state index in [1.165, 1.54) is 0 Å². The van der Waals surface area contributed by atoms with Gasteiger partial charge in [0.25, 0.3) is 5.91 Å². The van der Waals surface area contributed by atoms with Gasteiger partial charge in [0.15, 0.2) is 0 Å². The lowest BCUT2D eigenvalue weighted by molar-refractivity contribution is 0.102. The molecule has 0 radical (unpaired) electrons. The zero-order valence-corrected chi connectivity index (χ0v) is 15.8. The molecule has 5 nitrogen and oxygen atoms in total. The van der Waals surface area contributed by atoms with Gasteiger partial charge in [-0.15, -0.1) is 0 Å². The predicted molar refractivity (Wildman–Crippen MR) is 105 cm³/mol. The Bertz CT molecular complexity index is 725. The van der Waals surface area contributed by atoms with Crippen LogP contribution in [0.2, 0.25) is 0 Å². The number of carbonyl (C=O) groups is 1. The number of likely N-dealkylation sites (N-methyl/N-ethyl adjacent to an activating group) is 1. The minimum absolute atomic E-state index is 0.188. The quantitative estimate of drug-likeness (QED) is 0.806. The number of benzene rings is 1. The maximum Gasteiger partial charge on any atom is 0.274 e. The van der Waals surface area contributed by atoms with Crippen LogP contribution in [0.25, 0.3) is 0 Å². The van der Waals surface area contributed by atoms with Crippen molar-refractivity contribution in [1.29, 1.82) is 0 Å². The summed E-state index contributed by atoms with van der Waals surface area (Å²) in [4.78, 5) is 19.0. The molecule has 0 fully saturated rings. The van der Waals surface area contributed by atoms with Gasteiger partial charge in [0.05, 0.1) is 0 Å². The molecule has 0 atom stereocenters. The van der Waals surface area contributed by atoms with Crippen LogP contribution in [0.4, 0.5) is 11.4 Å². The average Bonchev–Trinajstić information content (AvgIpc) is 2.56. The van der Waals surface area contributed by atoms with Crippen LogP contribution < -0.4 is 10.6 Å². The summed E-state index contributed by atoms with van der Waals surface area (Å²) in [6.07, 6.45) is 1.66. The summed E-state index contributed by atoms with van der Waals surface area (Å²) in [7, 11) is 4.06. The van der Waals surface area contributed by atoms with Crippen LogP contribution in [0.1, 0.15) is 41.4 Å². The van der Waals surface area contributed by atoms with Gasteiger partial charge in [-0.3, -0.25) is 9.78 Å². The van der Waals surface area contributed by atoms with Gasteiger partial charge in [0, 0.05) is 30.7 Å². The summed E-state index contributed by atoms with van der Waals surface area (Å²) < 4.78 is 0. The van der Waals surface area contributed by atoms with Crippen LogP contribution in [-0.2, 0) is 0 Å². The maximum absolute atomic E-state index is 12.7. The van der Waals surface area contributed by atoms with E-state index in [9.17, 15) is 4.79 Å². The molecule has 0 unspecified atom stereocenters. The van der Waals surface area contributed by atoms with Crippen LogP contribution >= 0.6 is 0 Å². The lowest BCUT2D eigenvalue weighted by Gasteiger charge is -2.16. The van der Waals surface area contributed by atoms with Crippen molar-refractivity contribution in [3.05, 3.63) is 53.3 Å². The van der Waals surface area contributed by atoms with Gasteiger partial charge in [-0.05, 0) is 50.2 Å². The highest BCUT2D eigenvalue weighted by Crippen LogP contribution is 2.27. The Labute approximate surface area is 150 Å². The largest absolute Gasteiger partial charge is 0.384 e. The molecule has 2 rings (SSSR count). The van der Waals surface area contributed by atoms with E-state index < -0.39 is 0 Å². The van der Waals surface area contributed by atoms with E-state index in [2.05, 4.69) is 40.4 Å². The van der Waals surface area contributed by atoms with Crippen molar-refractivity contribution in [2.45, 2.75) is 26.7 Å². The third kappa shape index (κ3) is 5.29. The Kier molecular flexibility index (Phi) is 6.53. The number of anilines is 2. The predicted octanol–water partition coefficient (Wildman–Crippen LogP) is 3.74. The molecule has 1 aromatic carbocycles. The molecule has 2 aromatic rings. The molecule has 0 aliphatic rings. The van der Waals surface area contributed by atoms with Gasteiger partial charge in [-0.1, -0.05) is 32.0 Å². The first-order valence-corrected chi connectivity index (χ1v) is 8.64. The Morgan fingerprint density at radius 2 is 2.00 bits per heavy atom. The number of amides is 1. The summed E-state index contributed by atoms with van der Waals surface area (Å²) in [5.41, 5.74) is 4.38. The molecule has 25 heavy (non-hydrogen) atoms. The fraction of sp³-hybridized carbons (Fsp3) is 0.400. The topological polar surface area (TPSA) is 57.3 Å². The number of nitrogens with zero attached hydrogens (tertiary/aromatic N) is 2. The molecule has 134 valence electrons. The highest BCUT2D eigenvalue weighted by atomic mass is 16.1. The molecule has 0 spiro atoms. The van der Waals surface area contributed by atoms with Crippen LogP contribution in [0.5, 0.6) is 0 Å². The van der Waals surface area contributed by atoms with Gasteiger partial charge in [-0.25, -0.2) is 0 Å². The number of carbonyl (C=O) groups excluding carboxylic acids is 1. The number of rotatable bonds is 7. The Hall–Kier alpha value is -2.40. The summed E-state index contributed by atoms with van der Waals surface area (Å²) in [5.74, 6) is 0.148. The zero-order valence-electron chi connectivity index (χ0n) is 15.8. The number of aromatic nitrogens is 1. The molecular formula is C20H28N4O. The molecule has 2 N–H and O–H groups in total. The van der Waals surface area contributed by atoms with Gasteiger partial charge < -0.3 is 15.5 Å². The third-order valence-corrected chi connectivity index (χ3v) is 4.05. The van der Waals surface area contributed by atoms with Crippen molar-refractivity contribution in [1.82, 2.24) is 9.88 Å². The van der Waals surface area contributed by atoms with Crippen LogP contribution in [0, 0.1) is 6.92 Å². The number of hydrogen-bond acceptors (Lipinski definition) is 4. The van der Waals surface area contributed by atoms with E-state index in [4.69, 9.17) is 0 Å². The molecule has 5 heteroatoms. The monoisotopic (exact) mass is 340 g/mol. The number of para-hydroxylation sites is 1. The van der Waals surface area contributed by atoms with Crippen molar-refractivity contribution in [3.8, 4) is 0 Å². The molecule has 0 bridgehead atoms. The summed E-state index contributed by atoms with van der Waals surface area (Å²) in [5, 5.41) is 6.35. The molecular weight excluding hydrogens is 312 g/mol. The van der Waals surface area contributed by atoms with Crippen LogP contribution in [0.15, 0.2) is 36.5 Å². The fourth-order valence-electron chi connectivity index (χ4n) is 2.61. The van der Waals surface area contributed by atoms with E-state index in [1.807, 2.05) is 39.2 Å². The highest BCUT2D eigenvalue weighted by molar-refractivity contribution is 6.04. The van der Waals surface area contributed by atoms with Crippen molar-refractivity contribution in [2.75, 3.05) is 37.8 Å². The Morgan fingerprint density at radius 3 is 2.68 bits per heavy atom. The number of pyridine rings is 1. The standard InChI is InChI=1S/C20H28N4O/c1-14(2)17-8-6-7-15(3)19(17)23-20(25)18-13-16(9-10-22-18)21-11-12-24(4)5/h6-10,13-14H,11-12H2,1-5H3,(H,21,22)(H,23,25). The number of nitrogens with one attached hydrogen (secondary N) is 2. The number of hydrogen-bond donors (Lipinski definition) is 2.